The molecule has 1 amide bonds. The first-order valence-corrected chi connectivity index (χ1v) is 7.41. The Morgan fingerprint density at radius 3 is 3.11 bits per heavy atom. The van der Waals surface area contributed by atoms with Crippen molar-refractivity contribution in [3.63, 3.8) is 0 Å². The van der Waals surface area contributed by atoms with Gasteiger partial charge in [0.15, 0.2) is 0 Å². The van der Waals surface area contributed by atoms with Gasteiger partial charge >= 0.3 is 0 Å². The summed E-state index contributed by atoms with van der Waals surface area (Å²) in [5.41, 5.74) is 6.14. The molecule has 1 aromatic rings. The Bertz CT molecular complexity index is 408. The molecule has 2 rings (SSSR count). The van der Waals surface area contributed by atoms with E-state index < -0.39 is 0 Å². The Hall–Kier alpha value is -1.08. The van der Waals surface area contributed by atoms with Crippen LogP contribution in [0, 0.1) is 0 Å². The zero-order valence-corrected chi connectivity index (χ0v) is 11.3. The van der Waals surface area contributed by atoms with Crippen LogP contribution in [0.4, 0.5) is 0 Å². The Kier molecular flexibility index (Phi) is 4.60. The van der Waals surface area contributed by atoms with Gasteiger partial charge in [-0.05, 0) is 25.5 Å². The Balaban J connectivity index is 1.78. The molecule has 0 spiro atoms. The third kappa shape index (κ3) is 3.46. The predicted octanol–water partition coefficient (Wildman–Crippen LogP) is 0.137. The van der Waals surface area contributed by atoms with Crippen LogP contribution in [0.1, 0.15) is 25.0 Å². The van der Waals surface area contributed by atoms with E-state index in [0.717, 1.165) is 12.8 Å². The first-order valence-electron chi connectivity index (χ1n) is 6.12. The van der Waals surface area contributed by atoms with Gasteiger partial charge in [0.2, 0.25) is 5.91 Å². The van der Waals surface area contributed by atoms with Crippen molar-refractivity contribution < 1.29 is 4.79 Å². The predicted molar refractivity (Wildman–Crippen MR) is 71.0 cm³/mol. The first-order chi connectivity index (χ1) is 8.71. The third-order valence-electron chi connectivity index (χ3n) is 3.18. The van der Waals surface area contributed by atoms with Crippen molar-refractivity contribution in [1.82, 2.24) is 20.3 Å². The SMILES string of the molecule is CSC1CCC(NC(=O)Cn2cc(CN)nn2)C1. The minimum absolute atomic E-state index is 0.00442. The lowest BCUT2D eigenvalue weighted by Crippen LogP contribution is -2.35. The van der Waals surface area contributed by atoms with Crippen LogP contribution in [0.2, 0.25) is 0 Å². The maximum absolute atomic E-state index is 11.8. The van der Waals surface area contributed by atoms with E-state index in [2.05, 4.69) is 21.9 Å². The minimum Gasteiger partial charge on any atom is -0.352 e. The van der Waals surface area contributed by atoms with E-state index in [9.17, 15) is 4.79 Å². The molecule has 0 saturated heterocycles. The molecule has 1 aromatic heterocycles. The Morgan fingerprint density at radius 2 is 2.50 bits per heavy atom. The standard InChI is InChI=1S/C11H19N5OS/c1-18-10-3-2-8(4-10)13-11(17)7-16-6-9(5-12)14-15-16/h6,8,10H,2-5,7,12H2,1H3,(H,13,17). The molecular formula is C11H19N5OS. The summed E-state index contributed by atoms with van der Waals surface area (Å²) in [4.78, 5) is 11.8. The molecule has 7 heteroatoms. The van der Waals surface area contributed by atoms with Crippen molar-refractivity contribution in [2.24, 2.45) is 5.73 Å². The van der Waals surface area contributed by atoms with Gasteiger partial charge in [0.05, 0.1) is 11.9 Å². The highest BCUT2D eigenvalue weighted by Gasteiger charge is 2.25. The maximum atomic E-state index is 11.8. The van der Waals surface area contributed by atoms with Crippen LogP contribution in [0.3, 0.4) is 0 Å². The number of amides is 1. The van der Waals surface area contributed by atoms with Crippen LogP contribution >= 0.6 is 11.8 Å². The van der Waals surface area contributed by atoms with Crippen molar-refractivity contribution in [2.75, 3.05) is 6.26 Å². The average Bonchev–Trinajstić information content (AvgIpc) is 2.98. The van der Waals surface area contributed by atoms with E-state index in [1.165, 1.54) is 11.1 Å². The monoisotopic (exact) mass is 269 g/mol. The van der Waals surface area contributed by atoms with E-state index >= 15 is 0 Å². The largest absolute Gasteiger partial charge is 0.352 e. The van der Waals surface area contributed by atoms with Crippen LogP contribution in [0.5, 0.6) is 0 Å². The summed E-state index contributed by atoms with van der Waals surface area (Å²) in [6, 6.07) is 0.312. The topological polar surface area (TPSA) is 85.8 Å². The fraction of sp³-hybridized carbons (Fsp3) is 0.727. The van der Waals surface area contributed by atoms with Gasteiger partial charge in [-0.25, -0.2) is 4.68 Å². The third-order valence-corrected chi connectivity index (χ3v) is 4.28. The van der Waals surface area contributed by atoms with Crippen molar-refractivity contribution in [1.29, 1.82) is 0 Å². The molecule has 0 aromatic carbocycles. The van der Waals surface area contributed by atoms with E-state index in [0.29, 0.717) is 23.5 Å². The molecule has 0 bridgehead atoms. The van der Waals surface area contributed by atoms with Gasteiger partial charge in [0.1, 0.15) is 6.54 Å². The number of carbonyl (C=O) groups excluding carboxylic acids is 1. The molecule has 1 aliphatic carbocycles. The van der Waals surface area contributed by atoms with Crippen LogP contribution < -0.4 is 11.1 Å². The Morgan fingerprint density at radius 1 is 1.67 bits per heavy atom. The first kappa shape index (κ1) is 13.4. The van der Waals surface area contributed by atoms with E-state index in [1.807, 2.05) is 11.8 Å². The summed E-state index contributed by atoms with van der Waals surface area (Å²) in [5.74, 6) is -0.00442. The molecule has 1 fully saturated rings. The molecule has 3 N–H and O–H groups in total. The second kappa shape index (κ2) is 6.19. The number of thioether (sulfide) groups is 1. The molecule has 1 saturated carbocycles. The molecule has 0 aliphatic heterocycles. The van der Waals surface area contributed by atoms with Crippen molar-refractivity contribution in [2.45, 2.75) is 43.6 Å². The van der Waals surface area contributed by atoms with Crippen LogP contribution in [0.15, 0.2) is 6.20 Å². The maximum Gasteiger partial charge on any atom is 0.242 e. The van der Waals surface area contributed by atoms with E-state index in [1.54, 1.807) is 6.20 Å². The summed E-state index contributed by atoms with van der Waals surface area (Å²) >= 11 is 1.88. The van der Waals surface area contributed by atoms with Gasteiger partial charge in [-0.1, -0.05) is 5.21 Å². The van der Waals surface area contributed by atoms with Gasteiger partial charge in [-0.2, -0.15) is 11.8 Å². The fourth-order valence-electron chi connectivity index (χ4n) is 2.22. The smallest absolute Gasteiger partial charge is 0.242 e. The molecule has 1 aliphatic rings. The number of aromatic nitrogens is 3. The van der Waals surface area contributed by atoms with E-state index in [-0.39, 0.29) is 12.5 Å². The zero-order valence-electron chi connectivity index (χ0n) is 10.5. The fourth-order valence-corrected chi connectivity index (χ4v) is 3.01. The highest BCUT2D eigenvalue weighted by atomic mass is 32.2. The number of hydrogen-bond acceptors (Lipinski definition) is 5. The summed E-state index contributed by atoms with van der Waals surface area (Å²) in [5, 5.41) is 11.4. The van der Waals surface area contributed by atoms with Crippen LogP contribution in [-0.4, -0.2) is 38.4 Å². The van der Waals surface area contributed by atoms with Crippen molar-refractivity contribution in [3.05, 3.63) is 11.9 Å². The zero-order chi connectivity index (χ0) is 13.0. The molecule has 18 heavy (non-hydrogen) atoms. The second-order valence-corrected chi connectivity index (χ2v) is 5.68. The summed E-state index contributed by atoms with van der Waals surface area (Å²) < 4.78 is 1.53. The Labute approximate surface area is 111 Å². The lowest BCUT2D eigenvalue weighted by Gasteiger charge is -2.12. The highest BCUT2D eigenvalue weighted by Crippen LogP contribution is 2.27. The minimum atomic E-state index is -0.00442. The second-order valence-electron chi connectivity index (χ2n) is 4.55. The number of nitrogens with zero attached hydrogens (tertiary/aromatic N) is 3. The van der Waals surface area contributed by atoms with Gasteiger partial charge in [-0.3, -0.25) is 4.79 Å². The number of nitrogens with two attached hydrogens (primary N) is 1. The molecule has 2 unspecified atom stereocenters. The molecule has 2 atom stereocenters. The van der Waals surface area contributed by atoms with Crippen molar-refractivity contribution >= 4 is 17.7 Å². The lowest BCUT2D eigenvalue weighted by atomic mass is 10.2. The molecule has 100 valence electrons. The number of carbonyl (C=O) groups is 1. The van der Waals surface area contributed by atoms with Gasteiger partial charge in [0, 0.05) is 17.8 Å². The highest BCUT2D eigenvalue weighted by molar-refractivity contribution is 7.99. The summed E-state index contributed by atoms with van der Waals surface area (Å²) in [7, 11) is 0. The van der Waals surface area contributed by atoms with Crippen LogP contribution in [-0.2, 0) is 17.9 Å². The summed E-state index contributed by atoms with van der Waals surface area (Å²) in [6.07, 6.45) is 7.16. The number of nitrogens with one attached hydrogen (secondary N) is 1. The normalized spacial score (nSPS) is 23.2. The van der Waals surface area contributed by atoms with E-state index in [4.69, 9.17) is 5.73 Å². The molecule has 0 radical (unpaired) electrons. The van der Waals surface area contributed by atoms with Gasteiger partial charge < -0.3 is 11.1 Å². The molecular weight excluding hydrogens is 250 g/mol. The number of rotatable bonds is 5. The summed E-state index contributed by atoms with van der Waals surface area (Å²) in [6.45, 7) is 0.563. The molecule has 6 nitrogen and oxygen atoms in total. The average molecular weight is 269 g/mol. The van der Waals surface area contributed by atoms with Crippen LogP contribution in [0.25, 0.3) is 0 Å². The molecule has 1 heterocycles. The van der Waals surface area contributed by atoms with Gasteiger partial charge in [-0.15, -0.1) is 5.10 Å². The lowest BCUT2D eigenvalue weighted by molar-refractivity contribution is -0.122. The van der Waals surface area contributed by atoms with Gasteiger partial charge in [0.25, 0.3) is 0 Å². The van der Waals surface area contributed by atoms with Crippen molar-refractivity contribution in [3.8, 4) is 0 Å². The quantitative estimate of drug-likeness (QED) is 0.794. The number of hydrogen-bond donors (Lipinski definition) is 2.